The molecule has 0 radical (unpaired) electrons. The molecule has 4 aliphatic rings. The van der Waals surface area contributed by atoms with Gasteiger partial charge in [0.2, 0.25) is 0 Å². The SMILES string of the molecule is C=C(F)C(=O)N1CCN(c2nc(OCC34CCCN3CCC4)nc3c2CO[C@@H](c2c(F)c(N)cc(C)c2C(F)(F)F)C3)C[C@@H]1CC#N. The molecule has 1 aromatic carbocycles. The number of hydrogen-bond acceptors (Lipinski definition) is 9. The van der Waals surface area contributed by atoms with Crippen molar-refractivity contribution >= 4 is 17.4 Å². The van der Waals surface area contributed by atoms with Crippen LogP contribution in [0.25, 0.3) is 0 Å². The monoisotopic (exact) mass is 661 g/mol. The van der Waals surface area contributed by atoms with Gasteiger partial charge < -0.3 is 25.0 Å². The number of rotatable bonds is 7. The minimum atomic E-state index is -4.87. The molecule has 252 valence electrons. The number of halogens is 5. The Kier molecular flexibility index (Phi) is 8.77. The van der Waals surface area contributed by atoms with Crippen molar-refractivity contribution in [1.82, 2.24) is 19.8 Å². The fraction of sp³-hybridized carbons (Fsp3) is 0.562. The predicted octanol–water partition coefficient (Wildman–Crippen LogP) is 4.76. The summed E-state index contributed by atoms with van der Waals surface area (Å²) < 4.78 is 84.1. The maximum Gasteiger partial charge on any atom is 0.417 e. The molecule has 47 heavy (non-hydrogen) atoms. The molecule has 3 fully saturated rings. The molecule has 1 aromatic heterocycles. The number of amides is 1. The summed E-state index contributed by atoms with van der Waals surface area (Å²) in [7, 11) is 0. The fourth-order valence-electron chi connectivity index (χ4n) is 7.68. The summed E-state index contributed by atoms with van der Waals surface area (Å²) in [6.45, 7) is 6.71. The summed E-state index contributed by atoms with van der Waals surface area (Å²) in [5.74, 6) is -2.87. The molecule has 0 bridgehead atoms. The second-order valence-corrected chi connectivity index (χ2v) is 12.7. The van der Waals surface area contributed by atoms with E-state index in [2.05, 4.69) is 16.5 Å². The minimum Gasteiger partial charge on any atom is -0.461 e. The number of nitrogen functional groups attached to an aromatic ring is 1. The highest BCUT2D eigenvalue weighted by Crippen LogP contribution is 2.45. The lowest BCUT2D eigenvalue weighted by Crippen LogP contribution is -2.55. The van der Waals surface area contributed by atoms with Gasteiger partial charge in [0.05, 0.1) is 53.7 Å². The molecular weight excluding hydrogens is 625 g/mol. The molecule has 2 aromatic rings. The highest BCUT2D eigenvalue weighted by Gasteiger charge is 2.46. The van der Waals surface area contributed by atoms with E-state index in [4.69, 9.17) is 20.2 Å². The number of nitrogens with zero attached hydrogens (tertiary/aromatic N) is 6. The number of fused-ring (bicyclic) bond motifs is 2. The number of nitriles is 1. The number of aryl methyl sites for hydroxylation is 1. The topological polar surface area (TPSA) is 121 Å². The van der Waals surface area contributed by atoms with E-state index < -0.39 is 52.7 Å². The third-order valence-electron chi connectivity index (χ3n) is 9.87. The second kappa shape index (κ2) is 12.5. The molecule has 0 spiro atoms. The van der Waals surface area contributed by atoms with Crippen molar-refractivity contribution in [2.45, 2.75) is 75.9 Å². The smallest absolute Gasteiger partial charge is 0.417 e. The van der Waals surface area contributed by atoms with E-state index >= 15 is 4.39 Å². The Balaban J connectivity index is 1.38. The average molecular weight is 662 g/mol. The normalized spacial score (nSPS) is 22.5. The molecule has 10 nitrogen and oxygen atoms in total. The lowest BCUT2D eigenvalue weighted by Gasteiger charge is -2.42. The summed E-state index contributed by atoms with van der Waals surface area (Å²) in [6.07, 6.45) is -2.53. The number of ether oxygens (including phenoxy) is 2. The maximum atomic E-state index is 15.4. The van der Waals surface area contributed by atoms with E-state index in [1.165, 1.54) is 11.8 Å². The van der Waals surface area contributed by atoms with E-state index in [-0.39, 0.29) is 56.2 Å². The van der Waals surface area contributed by atoms with E-state index in [0.29, 0.717) is 23.7 Å². The first-order valence-electron chi connectivity index (χ1n) is 15.6. The zero-order valence-corrected chi connectivity index (χ0v) is 26.0. The molecule has 0 unspecified atom stereocenters. The summed E-state index contributed by atoms with van der Waals surface area (Å²) in [5, 5.41) is 9.46. The van der Waals surface area contributed by atoms with Gasteiger partial charge in [-0.1, -0.05) is 6.58 Å². The van der Waals surface area contributed by atoms with E-state index in [1.54, 1.807) is 0 Å². The van der Waals surface area contributed by atoms with Gasteiger partial charge in [0.25, 0.3) is 5.91 Å². The number of piperazine rings is 1. The largest absolute Gasteiger partial charge is 0.461 e. The van der Waals surface area contributed by atoms with Crippen LogP contribution < -0.4 is 15.4 Å². The van der Waals surface area contributed by atoms with Crippen LogP contribution in [0.1, 0.15) is 66.2 Å². The van der Waals surface area contributed by atoms with Crippen molar-refractivity contribution in [1.29, 1.82) is 5.26 Å². The Morgan fingerprint density at radius 1 is 1.23 bits per heavy atom. The van der Waals surface area contributed by atoms with Gasteiger partial charge in [0, 0.05) is 37.2 Å². The van der Waals surface area contributed by atoms with Crippen molar-refractivity contribution < 1.29 is 36.2 Å². The van der Waals surface area contributed by atoms with Crippen LogP contribution in [-0.4, -0.2) is 76.6 Å². The first-order valence-corrected chi connectivity index (χ1v) is 15.6. The number of aromatic nitrogens is 2. The number of anilines is 2. The Morgan fingerprint density at radius 2 is 1.96 bits per heavy atom. The van der Waals surface area contributed by atoms with Gasteiger partial charge in [-0.15, -0.1) is 0 Å². The predicted molar refractivity (Wildman–Crippen MR) is 160 cm³/mol. The van der Waals surface area contributed by atoms with Gasteiger partial charge in [-0.05, 0) is 57.3 Å². The molecular formula is C32H36F5N7O3. The number of benzene rings is 1. The molecule has 6 rings (SSSR count). The van der Waals surface area contributed by atoms with Crippen LogP contribution in [0.5, 0.6) is 6.01 Å². The molecule has 0 saturated carbocycles. The van der Waals surface area contributed by atoms with Crippen molar-refractivity contribution in [3.8, 4) is 12.1 Å². The summed E-state index contributed by atoms with van der Waals surface area (Å²) >= 11 is 0. The molecule has 3 saturated heterocycles. The zero-order valence-electron chi connectivity index (χ0n) is 26.0. The van der Waals surface area contributed by atoms with Crippen LogP contribution in [-0.2, 0) is 28.7 Å². The van der Waals surface area contributed by atoms with E-state index in [1.807, 2.05) is 11.0 Å². The maximum absolute atomic E-state index is 15.4. The Hall–Kier alpha value is -4.03. The molecule has 1 amide bonds. The molecule has 15 heteroatoms. The van der Waals surface area contributed by atoms with Crippen molar-refractivity contribution in [2.75, 3.05) is 50.0 Å². The van der Waals surface area contributed by atoms with Gasteiger partial charge in [-0.25, -0.2) is 8.78 Å². The number of alkyl halides is 3. The lowest BCUT2D eigenvalue weighted by atomic mass is 9.91. The van der Waals surface area contributed by atoms with Crippen molar-refractivity contribution in [3.05, 3.63) is 52.2 Å². The van der Waals surface area contributed by atoms with Gasteiger partial charge >= 0.3 is 12.2 Å². The zero-order chi connectivity index (χ0) is 33.7. The Labute approximate surface area is 268 Å². The first kappa shape index (κ1) is 32.9. The molecule has 4 aliphatic heterocycles. The highest BCUT2D eigenvalue weighted by atomic mass is 19.4. The number of carbonyl (C=O) groups excluding carboxylic acids is 1. The van der Waals surface area contributed by atoms with Crippen LogP contribution in [0.15, 0.2) is 18.5 Å². The summed E-state index contributed by atoms with van der Waals surface area (Å²) in [6, 6.07) is 2.32. The van der Waals surface area contributed by atoms with Gasteiger partial charge in [-0.2, -0.15) is 28.4 Å². The van der Waals surface area contributed by atoms with Crippen LogP contribution in [0, 0.1) is 24.1 Å². The Morgan fingerprint density at radius 3 is 2.62 bits per heavy atom. The van der Waals surface area contributed by atoms with Crippen LogP contribution in [0.2, 0.25) is 0 Å². The van der Waals surface area contributed by atoms with Crippen LogP contribution >= 0.6 is 0 Å². The van der Waals surface area contributed by atoms with E-state index in [9.17, 15) is 27.6 Å². The second-order valence-electron chi connectivity index (χ2n) is 12.7. The first-order chi connectivity index (χ1) is 22.3. The summed E-state index contributed by atoms with van der Waals surface area (Å²) in [5.41, 5.74) is 3.96. The van der Waals surface area contributed by atoms with Crippen LogP contribution in [0.4, 0.5) is 33.5 Å². The molecule has 2 atom stereocenters. The average Bonchev–Trinajstić information content (AvgIpc) is 3.61. The van der Waals surface area contributed by atoms with Crippen molar-refractivity contribution in [3.63, 3.8) is 0 Å². The van der Waals surface area contributed by atoms with Gasteiger partial charge in [0.1, 0.15) is 12.4 Å². The fourth-order valence-corrected chi connectivity index (χ4v) is 7.68. The number of hydrogen-bond donors (Lipinski definition) is 1. The number of nitrogens with two attached hydrogens (primary N) is 1. The number of carbonyl (C=O) groups is 1. The van der Waals surface area contributed by atoms with E-state index in [0.717, 1.165) is 44.8 Å². The minimum absolute atomic E-state index is 0.0141. The van der Waals surface area contributed by atoms with Crippen LogP contribution in [0.3, 0.4) is 0 Å². The lowest BCUT2D eigenvalue weighted by molar-refractivity contribution is -0.140. The molecule has 2 N–H and O–H groups in total. The molecule has 5 heterocycles. The molecule has 0 aliphatic carbocycles. The third-order valence-corrected chi connectivity index (χ3v) is 9.87. The van der Waals surface area contributed by atoms with Gasteiger partial charge in [-0.3, -0.25) is 9.69 Å². The van der Waals surface area contributed by atoms with Gasteiger partial charge in [0.15, 0.2) is 11.6 Å². The standard InChI is InChI=1S/C32H36F5N7O3/c1-18-13-22(39)27(34)25(26(18)32(35,36)37)24-14-23-21(16-46-24)28(42-11-12-44(29(45)19(2)33)20(15-42)5-8-38)41-30(40-23)47-17-31-6-3-9-43(31)10-4-7-31/h13,20,24H,2-7,9-12,14-17,39H2,1H3/t20-,24+/m0/s1. The quantitative estimate of drug-likeness (QED) is 0.254. The third kappa shape index (κ3) is 6.09. The highest BCUT2D eigenvalue weighted by molar-refractivity contribution is 5.91. The summed E-state index contributed by atoms with van der Waals surface area (Å²) in [4.78, 5) is 27.3. The Bertz CT molecular complexity index is 1620. The van der Waals surface area contributed by atoms with Crippen molar-refractivity contribution in [2.24, 2.45) is 0 Å².